The van der Waals surface area contributed by atoms with Crippen LogP contribution >= 0.6 is 15.9 Å². The van der Waals surface area contributed by atoms with Crippen LogP contribution in [0.2, 0.25) is 0 Å². The number of hydrogen-bond acceptors (Lipinski definition) is 3. The largest absolute Gasteiger partial charge is 0.398 e. The predicted octanol–water partition coefficient (Wildman–Crippen LogP) is 2.11. The minimum atomic E-state index is -0.0723. The molecule has 2 N–H and O–H groups in total. The molecule has 3 nitrogen and oxygen atoms in total. The summed E-state index contributed by atoms with van der Waals surface area (Å²) in [6, 6.07) is 5.05. The Labute approximate surface area is 84.3 Å². The van der Waals surface area contributed by atoms with Crippen LogP contribution in [-0.4, -0.2) is 5.78 Å². The molecule has 0 aliphatic rings. The zero-order chi connectivity index (χ0) is 10.0. The minimum absolute atomic E-state index is 0.0723. The van der Waals surface area contributed by atoms with E-state index in [0.717, 1.165) is 0 Å². The molecule has 0 saturated carbocycles. The van der Waals surface area contributed by atoms with Gasteiger partial charge in [0.15, 0.2) is 5.78 Å². The SMILES string of the molecule is CC(=O)c1cc(N)c(C#N)c(Br)c1. The minimum Gasteiger partial charge on any atom is -0.398 e. The second-order valence-corrected chi connectivity index (χ2v) is 3.44. The van der Waals surface area contributed by atoms with Gasteiger partial charge in [0.2, 0.25) is 0 Å². The van der Waals surface area contributed by atoms with Crippen molar-refractivity contribution in [3.63, 3.8) is 0 Å². The molecule has 0 atom stereocenters. The molecular formula is C9H7BrN2O. The van der Waals surface area contributed by atoms with Crippen molar-refractivity contribution < 1.29 is 4.79 Å². The number of hydrogen-bond donors (Lipinski definition) is 1. The van der Waals surface area contributed by atoms with Crippen LogP contribution in [0, 0.1) is 11.3 Å². The number of Topliss-reactive ketones (excluding diaryl/α,β-unsaturated/α-hetero) is 1. The van der Waals surface area contributed by atoms with Crippen LogP contribution in [0.15, 0.2) is 16.6 Å². The second kappa shape index (κ2) is 3.58. The Balaban J connectivity index is 3.39. The van der Waals surface area contributed by atoms with E-state index >= 15 is 0 Å². The van der Waals surface area contributed by atoms with Crippen molar-refractivity contribution in [1.82, 2.24) is 0 Å². The molecule has 1 aromatic rings. The number of nitrogens with two attached hydrogens (primary N) is 1. The lowest BCUT2D eigenvalue weighted by molar-refractivity contribution is 0.101. The number of carbonyl (C=O) groups is 1. The van der Waals surface area contributed by atoms with Gasteiger partial charge in [-0.15, -0.1) is 0 Å². The van der Waals surface area contributed by atoms with Crippen molar-refractivity contribution in [1.29, 1.82) is 5.26 Å². The van der Waals surface area contributed by atoms with Gasteiger partial charge in [0.25, 0.3) is 0 Å². The van der Waals surface area contributed by atoms with Crippen LogP contribution in [0.3, 0.4) is 0 Å². The number of rotatable bonds is 1. The molecule has 0 unspecified atom stereocenters. The molecule has 1 rings (SSSR count). The molecule has 66 valence electrons. The van der Waals surface area contributed by atoms with Crippen LogP contribution in [-0.2, 0) is 0 Å². The predicted molar refractivity (Wildman–Crippen MR) is 53.3 cm³/mol. The van der Waals surface area contributed by atoms with Gasteiger partial charge in [-0.05, 0) is 35.0 Å². The highest BCUT2D eigenvalue weighted by molar-refractivity contribution is 9.10. The summed E-state index contributed by atoms with van der Waals surface area (Å²) in [7, 11) is 0. The molecule has 0 heterocycles. The van der Waals surface area contributed by atoms with Crippen LogP contribution in [0.4, 0.5) is 5.69 Å². The number of nitrogen functional groups attached to an aromatic ring is 1. The van der Waals surface area contributed by atoms with Gasteiger partial charge in [-0.2, -0.15) is 5.26 Å². The number of nitriles is 1. The normalized spacial score (nSPS) is 9.31. The fraction of sp³-hybridized carbons (Fsp3) is 0.111. The van der Waals surface area contributed by atoms with Gasteiger partial charge in [0.1, 0.15) is 6.07 Å². The Hall–Kier alpha value is -1.34. The van der Waals surface area contributed by atoms with E-state index in [9.17, 15) is 4.79 Å². The third-order valence-corrected chi connectivity index (χ3v) is 2.26. The van der Waals surface area contributed by atoms with E-state index in [0.29, 0.717) is 21.3 Å². The Morgan fingerprint density at radius 1 is 1.62 bits per heavy atom. The highest BCUT2D eigenvalue weighted by Gasteiger charge is 2.08. The van der Waals surface area contributed by atoms with E-state index in [2.05, 4.69) is 15.9 Å². The molecule has 0 aromatic heterocycles. The van der Waals surface area contributed by atoms with E-state index in [1.54, 1.807) is 6.07 Å². The van der Waals surface area contributed by atoms with E-state index in [1.807, 2.05) is 6.07 Å². The smallest absolute Gasteiger partial charge is 0.159 e. The quantitative estimate of drug-likeness (QED) is 0.602. The lowest BCUT2D eigenvalue weighted by Crippen LogP contribution is -1.98. The first-order chi connectivity index (χ1) is 6.06. The second-order valence-electron chi connectivity index (χ2n) is 2.59. The average Bonchev–Trinajstić information content (AvgIpc) is 2.03. The number of halogens is 1. The van der Waals surface area contributed by atoms with Crippen molar-refractivity contribution >= 4 is 27.4 Å². The number of anilines is 1. The van der Waals surface area contributed by atoms with E-state index in [-0.39, 0.29) is 5.78 Å². The maximum absolute atomic E-state index is 11.0. The van der Waals surface area contributed by atoms with Crippen LogP contribution in [0.1, 0.15) is 22.8 Å². The maximum Gasteiger partial charge on any atom is 0.159 e. The van der Waals surface area contributed by atoms with Gasteiger partial charge in [-0.3, -0.25) is 4.79 Å². The molecule has 0 amide bonds. The first-order valence-corrected chi connectivity index (χ1v) is 4.35. The molecule has 0 radical (unpaired) electrons. The third kappa shape index (κ3) is 1.87. The van der Waals surface area contributed by atoms with E-state index in [4.69, 9.17) is 11.0 Å². The van der Waals surface area contributed by atoms with Crippen molar-refractivity contribution in [3.05, 3.63) is 27.7 Å². The fourth-order valence-corrected chi connectivity index (χ4v) is 1.51. The summed E-state index contributed by atoms with van der Waals surface area (Å²) in [5.41, 5.74) is 6.76. The van der Waals surface area contributed by atoms with Crippen molar-refractivity contribution in [2.75, 3.05) is 5.73 Å². The molecule has 0 aliphatic heterocycles. The van der Waals surface area contributed by atoms with Gasteiger partial charge in [0.05, 0.1) is 11.3 Å². The summed E-state index contributed by atoms with van der Waals surface area (Å²) in [6.45, 7) is 1.45. The number of benzene rings is 1. The van der Waals surface area contributed by atoms with Gasteiger partial charge < -0.3 is 5.73 Å². The summed E-state index contributed by atoms with van der Waals surface area (Å²) in [6.07, 6.45) is 0. The Bertz CT molecular complexity index is 384. The van der Waals surface area contributed by atoms with E-state index in [1.165, 1.54) is 13.0 Å². The molecule has 0 aliphatic carbocycles. The summed E-state index contributed by atoms with van der Waals surface area (Å²) >= 11 is 3.17. The maximum atomic E-state index is 11.0. The number of carbonyl (C=O) groups excluding carboxylic acids is 1. The fourth-order valence-electron chi connectivity index (χ4n) is 0.949. The summed E-state index contributed by atoms with van der Waals surface area (Å²) in [5, 5.41) is 8.68. The Morgan fingerprint density at radius 3 is 2.62 bits per heavy atom. The third-order valence-electron chi connectivity index (χ3n) is 1.64. The summed E-state index contributed by atoms with van der Waals surface area (Å²) < 4.78 is 0.556. The van der Waals surface area contributed by atoms with Gasteiger partial charge >= 0.3 is 0 Å². The van der Waals surface area contributed by atoms with Gasteiger partial charge in [-0.1, -0.05) is 0 Å². The highest BCUT2D eigenvalue weighted by atomic mass is 79.9. The van der Waals surface area contributed by atoms with Gasteiger partial charge in [0, 0.05) is 10.0 Å². The average molecular weight is 239 g/mol. The molecule has 4 heteroatoms. The lowest BCUT2D eigenvalue weighted by Gasteiger charge is -2.02. The summed E-state index contributed by atoms with van der Waals surface area (Å²) in [4.78, 5) is 11.0. The Morgan fingerprint density at radius 2 is 2.23 bits per heavy atom. The first-order valence-electron chi connectivity index (χ1n) is 3.56. The zero-order valence-corrected chi connectivity index (χ0v) is 8.55. The van der Waals surface area contributed by atoms with Gasteiger partial charge in [-0.25, -0.2) is 0 Å². The number of nitrogens with zero attached hydrogens (tertiary/aromatic N) is 1. The van der Waals surface area contributed by atoms with Crippen LogP contribution < -0.4 is 5.73 Å². The molecule has 0 saturated heterocycles. The lowest BCUT2D eigenvalue weighted by atomic mass is 10.1. The Kier molecular flexibility index (Phi) is 2.69. The molecular weight excluding hydrogens is 232 g/mol. The first kappa shape index (κ1) is 9.75. The van der Waals surface area contributed by atoms with Crippen LogP contribution in [0.5, 0.6) is 0 Å². The molecule has 0 fully saturated rings. The molecule has 0 spiro atoms. The van der Waals surface area contributed by atoms with Crippen LogP contribution in [0.25, 0.3) is 0 Å². The molecule has 0 bridgehead atoms. The highest BCUT2D eigenvalue weighted by Crippen LogP contribution is 2.24. The van der Waals surface area contributed by atoms with Crippen molar-refractivity contribution in [2.24, 2.45) is 0 Å². The zero-order valence-electron chi connectivity index (χ0n) is 6.97. The molecule has 13 heavy (non-hydrogen) atoms. The summed E-state index contributed by atoms with van der Waals surface area (Å²) in [5.74, 6) is -0.0723. The number of ketones is 1. The van der Waals surface area contributed by atoms with Crippen molar-refractivity contribution in [2.45, 2.75) is 6.92 Å². The molecule has 1 aromatic carbocycles. The van der Waals surface area contributed by atoms with E-state index < -0.39 is 0 Å². The monoisotopic (exact) mass is 238 g/mol. The van der Waals surface area contributed by atoms with Crippen molar-refractivity contribution in [3.8, 4) is 6.07 Å². The standard InChI is InChI=1S/C9H7BrN2O/c1-5(13)6-2-8(10)7(4-11)9(12)3-6/h2-3H,12H2,1H3. The topological polar surface area (TPSA) is 66.9 Å².